The van der Waals surface area contributed by atoms with Gasteiger partial charge in [-0.3, -0.25) is 4.79 Å². The van der Waals surface area contributed by atoms with Gasteiger partial charge in [0.15, 0.2) is 0 Å². The molecule has 2 N–H and O–H groups in total. The van der Waals surface area contributed by atoms with Gasteiger partial charge in [0.1, 0.15) is 0 Å². The van der Waals surface area contributed by atoms with E-state index in [1.807, 2.05) is 6.92 Å². The quantitative estimate of drug-likeness (QED) is 0.664. The molecule has 0 spiro atoms. The van der Waals surface area contributed by atoms with Gasteiger partial charge >= 0.3 is 0 Å². The molecule has 1 unspecified atom stereocenters. The third-order valence-corrected chi connectivity index (χ3v) is 2.19. The van der Waals surface area contributed by atoms with Crippen LogP contribution in [0.5, 0.6) is 0 Å². The molecule has 5 heteroatoms. The smallest absolute Gasteiger partial charge is 0.266 e. The van der Waals surface area contributed by atoms with Crippen LogP contribution in [0.3, 0.4) is 0 Å². The Kier molecular flexibility index (Phi) is 5.14. The van der Waals surface area contributed by atoms with Crippen molar-refractivity contribution in [3.05, 3.63) is 28.2 Å². The molecule has 0 saturated heterocycles. The number of aliphatic hydroxyl groups is 1. The van der Waals surface area contributed by atoms with Crippen molar-refractivity contribution in [2.45, 2.75) is 32.9 Å². The Hall–Kier alpha value is -1.20. The second kappa shape index (κ2) is 6.40. The van der Waals surface area contributed by atoms with Crippen molar-refractivity contribution in [2.24, 2.45) is 0 Å². The number of hydrogen-bond acceptors (Lipinski definition) is 4. The second-order valence-electron chi connectivity index (χ2n) is 3.85. The van der Waals surface area contributed by atoms with Crippen molar-refractivity contribution < 1.29 is 5.11 Å². The standard InChI is InChI=1S/C11H19N3O2/c1-3-6-12-7-10(15)8-14-11(16)5-4-9(2)13-14/h4-5,10,12,15H,3,6-8H2,1-2H3. The molecule has 5 nitrogen and oxygen atoms in total. The van der Waals surface area contributed by atoms with E-state index in [1.54, 1.807) is 6.07 Å². The first-order chi connectivity index (χ1) is 7.63. The van der Waals surface area contributed by atoms with Crippen LogP contribution in [-0.2, 0) is 6.54 Å². The number of hydrogen-bond donors (Lipinski definition) is 2. The Morgan fingerprint density at radius 3 is 3.00 bits per heavy atom. The zero-order valence-corrected chi connectivity index (χ0v) is 9.81. The lowest BCUT2D eigenvalue weighted by Crippen LogP contribution is -2.35. The lowest BCUT2D eigenvalue weighted by atomic mass is 10.3. The molecular formula is C11H19N3O2. The minimum atomic E-state index is -0.585. The highest BCUT2D eigenvalue weighted by Crippen LogP contribution is 1.89. The summed E-state index contributed by atoms with van der Waals surface area (Å²) >= 11 is 0. The highest BCUT2D eigenvalue weighted by molar-refractivity contribution is 4.97. The van der Waals surface area contributed by atoms with Gasteiger partial charge in [0.05, 0.1) is 18.3 Å². The number of nitrogens with one attached hydrogen (secondary N) is 1. The molecule has 0 aliphatic carbocycles. The zero-order valence-electron chi connectivity index (χ0n) is 9.81. The summed E-state index contributed by atoms with van der Waals surface area (Å²) < 4.78 is 1.30. The van der Waals surface area contributed by atoms with Gasteiger partial charge in [-0.05, 0) is 26.0 Å². The maximum Gasteiger partial charge on any atom is 0.266 e. The van der Waals surface area contributed by atoms with E-state index in [-0.39, 0.29) is 12.1 Å². The number of aliphatic hydroxyl groups excluding tert-OH is 1. The number of nitrogens with zero attached hydrogens (tertiary/aromatic N) is 2. The Labute approximate surface area is 95.1 Å². The fourth-order valence-electron chi connectivity index (χ4n) is 1.39. The molecule has 0 amide bonds. The van der Waals surface area contributed by atoms with E-state index in [0.29, 0.717) is 6.54 Å². The second-order valence-corrected chi connectivity index (χ2v) is 3.85. The van der Waals surface area contributed by atoms with Gasteiger partial charge in [-0.15, -0.1) is 0 Å². The summed E-state index contributed by atoms with van der Waals surface area (Å²) in [5.74, 6) is 0. The fraction of sp³-hybridized carbons (Fsp3) is 0.636. The van der Waals surface area contributed by atoms with E-state index in [0.717, 1.165) is 18.7 Å². The SMILES string of the molecule is CCCNCC(O)Cn1nc(C)ccc1=O. The van der Waals surface area contributed by atoms with Crippen LogP contribution in [0.1, 0.15) is 19.0 Å². The maximum atomic E-state index is 11.4. The molecule has 16 heavy (non-hydrogen) atoms. The zero-order chi connectivity index (χ0) is 12.0. The van der Waals surface area contributed by atoms with E-state index in [1.165, 1.54) is 10.7 Å². The minimum Gasteiger partial charge on any atom is -0.390 e. The normalized spacial score (nSPS) is 12.7. The van der Waals surface area contributed by atoms with Crippen LogP contribution in [0.4, 0.5) is 0 Å². The first kappa shape index (κ1) is 12.9. The fourth-order valence-corrected chi connectivity index (χ4v) is 1.39. The predicted octanol–water partition coefficient (Wildman–Crippen LogP) is -0.0878. The lowest BCUT2D eigenvalue weighted by molar-refractivity contribution is 0.145. The van der Waals surface area contributed by atoms with Crippen molar-refractivity contribution in [2.75, 3.05) is 13.1 Å². The third-order valence-electron chi connectivity index (χ3n) is 2.19. The summed E-state index contributed by atoms with van der Waals surface area (Å²) in [6.07, 6.45) is 0.439. The molecule has 1 heterocycles. The van der Waals surface area contributed by atoms with E-state index < -0.39 is 6.10 Å². The van der Waals surface area contributed by atoms with Gasteiger partial charge in [-0.25, -0.2) is 4.68 Å². The minimum absolute atomic E-state index is 0.180. The van der Waals surface area contributed by atoms with Crippen LogP contribution in [0.2, 0.25) is 0 Å². The van der Waals surface area contributed by atoms with Crippen molar-refractivity contribution in [3.8, 4) is 0 Å². The average molecular weight is 225 g/mol. The maximum absolute atomic E-state index is 11.4. The van der Waals surface area contributed by atoms with Gasteiger partial charge < -0.3 is 10.4 Å². The number of aromatic nitrogens is 2. The van der Waals surface area contributed by atoms with Gasteiger partial charge in [-0.1, -0.05) is 6.92 Å². The molecule has 0 aliphatic rings. The summed E-state index contributed by atoms with van der Waals surface area (Å²) in [4.78, 5) is 11.4. The Morgan fingerprint density at radius 1 is 1.56 bits per heavy atom. The van der Waals surface area contributed by atoms with Crippen molar-refractivity contribution in [1.82, 2.24) is 15.1 Å². The molecule has 1 atom stereocenters. The van der Waals surface area contributed by atoms with Crippen molar-refractivity contribution >= 4 is 0 Å². The summed E-state index contributed by atoms with van der Waals surface area (Å²) in [6.45, 7) is 5.46. The third kappa shape index (κ3) is 4.12. The number of aryl methyl sites for hydroxylation is 1. The molecule has 90 valence electrons. The summed E-state index contributed by atoms with van der Waals surface area (Å²) in [7, 11) is 0. The highest BCUT2D eigenvalue weighted by Gasteiger charge is 2.06. The monoisotopic (exact) mass is 225 g/mol. The lowest BCUT2D eigenvalue weighted by Gasteiger charge is -2.12. The van der Waals surface area contributed by atoms with E-state index in [2.05, 4.69) is 17.3 Å². The van der Waals surface area contributed by atoms with Crippen molar-refractivity contribution in [1.29, 1.82) is 0 Å². The van der Waals surface area contributed by atoms with E-state index >= 15 is 0 Å². The Morgan fingerprint density at radius 2 is 2.31 bits per heavy atom. The molecule has 0 radical (unpaired) electrons. The van der Waals surface area contributed by atoms with E-state index in [4.69, 9.17) is 0 Å². The Bertz CT molecular complexity index is 376. The summed E-state index contributed by atoms with van der Waals surface area (Å²) in [6, 6.07) is 3.13. The first-order valence-electron chi connectivity index (χ1n) is 5.57. The van der Waals surface area contributed by atoms with Crippen LogP contribution < -0.4 is 10.9 Å². The van der Waals surface area contributed by atoms with Gasteiger partial charge in [-0.2, -0.15) is 5.10 Å². The van der Waals surface area contributed by atoms with E-state index in [9.17, 15) is 9.90 Å². The molecule has 0 aromatic carbocycles. The molecule has 1 rings (SSSR count). The molecular weight excluding hydrogens is 206 g/mol. The molecule has 0 fully saturated rings. The Balaban J connectivity index is 2.52. The van der Waals surface area contributed by atoms with Gasteiger partial charge in [0.2, 0.25) is 0 Å². The largest absolute Gasteiger partial charge is 0.390 e. The molecule has 0 bridgehead atoms. The molecule has 1 aromatic heterocycles. The molecule has 0 saturated carbocycles. The summed E-state index contributed by atoms with van der Waals surface area (Å²) in [5, 5.41) is 16.8. The molecule has 1 aromatic rings. The molecule has 0 aliphatic heterocycles. The van der Waals surface area contributed by atoms with Crippen LogP contribution in [0.25, 0.3) is 0 Å². The summed E-state index contributed by atoms with van der Waals surface area (Å²) in [5.41, 5.74) is 0.591. The van der Waals surface area contributed by atoms with Crippen LogP contribution >= 0.6 is 0 Å². The van der Waals surface area contributed by atoms with Crippen LogP contribution in [0.15, 0.2) is 16.9 Å². The average Bonchev–Trinajstić information content (AvgIpc) is 2.24. The highest BCUT2D eigenvalue weighted by atomic mass is 16.3. The predicted molar refractivity (Wildman–Crippen MR) is 62.4 cm³/mol. The van der Waals surface area contributed by atoms with Gasteiger partial charge in [0, 0.05) is 12.6 Å². The van der Waals surface area contributed by atoms with Gasteiger partial charge in [0.25, 0.3) is 5.56 Å². The first-order valence-corrected chi connectivity index (χ1v) is 5.57. The van der Waals surface area contributed by atoms with Crippen molar-refractivity contribution in [3.63, 3.8) is 0 Å². The number of rotatable bonds is 6. The van der Waals surface area contributed by atoms with Crippen LogP contribution in [0, 0.1) is 6.92 Å². The van der Waals surface area contributed by atoms with Crippen LogP contribution in [-0.4, -0.2) is 34.1 Å². The topological polar surface area (TPSA) is 67.2 Å².